The number of thioether (sulfide) groups is 1. The second kappa shape index (κ2) is 8.17. The number of benzene rings is 2. The van der Waals surface area contributed by atoms with Crippen molar-refractivity contribution in [1.82, 2.24) is 4.90 Å². The minimum Gasteiger partial charge on any atom is -0.456 e. The summed E-state index contributed by atoms with van der Waals surface area (Å²) in [5, 5.41) is 11.4. The van der Waals surface area contributed by atoms with E-state index in [1.165, 1.54) is 12.1 Å². The molecule has 0 radical (unpaired) electrons. The van der Waals surface area contributed by atoms with Gasteiger partial charge in [0.25, 0.3) is 16.8 Å². The quantitative estimate of drug-likeness (QED) is 0.285. The number of carbonyl (C=O) groups is 2. The van der Waals surface area contributed by atoms with Crippen molar-refractivity contribution in [3.63, 3.8) is 0 Å². The van der Waals surface area contributed by atoms with E-state index in [4.69, 9.17) is 16.0 Å². The van der Waals surface area contributed by atoms with Crippen molar-refractivity contribution in [2.24, 2.45) is 0 Å². The van der Waals surface area contributed by atoms with E-state index >= 15 is 0 Å². The zero-order valence-corrected chi connectivity index (χ0v) is 16.9. The molecule has 30 heavy (non-hydrogen) atoms. The number of carbonyl (C=O) groups excluding carboxylic acids is 2. The highest BCUT2D eigenvalue weighted by Gasteiger charge is 2.35. The lowest BCUT2D eigenvalue weighted by molar-refractivity contribution is -0.384. The number of rotatable bonds is 5. The lowest BCUT2D eigenvalue weighted by Gasteiger charge is -2.12. The van der Waals surface area contributed by atoms with Crippen molar-refractivity contribution in [2.45, 2.75) is 6.54 Å². The number of imide groups is 1. The molecule has 0 N–H and O–H groups in total. The number of para-hydroxylation sites is 1. The fourth-order valence-corrected chi connectivity index (χ4v) is 3.90. The van der Waals surface area contributed by atoms with Gasteiger partial charge in [0.05, 0.1) is 21.9 Å². The Hall–Kier alpha value is -3.36. The number of amides is 2. The maximum atomic E-state index is 12.7. The first-order chi connectivity index (χ1) is 14.4. The Morgan fingerprint density at radius 2 is 1.80 bits per heavy atom. The molecule has 0 saturated carbocycles. The van der Waals surface area contributed by atoms with E-state index in [1.54, 1.807) is 54.6 Å². The molecule has 0 aliphatic carbocycles. The maximum Gasteiger partial charge on any atom is 0.293 e. The number of halogens is 1. The highest BCUT2D eigenvalue weighted by atomic mass is 35.5. The van der Waals surface area contributed by atoms with Crippen LogP contribution in [0.3, 0.4) is 0 Å². The minimum absolute atomic E-state index is 0.0818. The first kappa shape index (κ1) is 19.9. The third-order valence-corrected chi connectivity index (χ3v) is 5.55. The van der Waals surface area contributed by atoms with Gasteiger partial charge in [-0.15, -0.1) is 0 Å². The molecule has 1 aromatic heterocycles. The van der Waals surface area contributed by atoms with Crippen LogP contribution in [-0.2, 0) is 11.3 Å². The number of nitro groups is 1. The summed E-state index contributed by atoms with van der Waals surface area (Å²) in [5.41, 5.74) is 1.03. The Morgan fingerprint density at radius 3 is 2.53 bits per heavy atom. The predicted molar refractivity (Wildman–Crippen MR) is 114 cm³/mol. The Morgan fingerprint density at radius 1 is 1.07 bits per heavy atom. The van der Waals surface area contributed by atoms with Gasteiger partial charge in [-0.3, -0.25) is 24.6 Å². The minimum atomic E-state index is -0.486. The Kier molecular flexibility index (Phi) is 5.43. The Labute approximate surface area is 180 Å². The number of furan rings is 1. The second-order valence-electron chi connectivity index (χ2n) is 6.37. The molecule has 0 bridgehead atoms. The van der Waals surface area contributed by atoms with Crippen molar-refractivity contribution in [2.75, 3.05) is 0 Å². The number of hydrogen-bond donors (Lipinski definition) is 0. The Bertz CT molecular complexity index is 1190. The molecule has 2 aromatic carbocycles. The van der Waals surface area contributed by atoms with E-state index in [2.05, 4.69) is 0 Å². The van der Waals surface area contributed by atoms with Crippen LogP contribution in [0.4, 0.5) is 10.5 Å². The highest BCUT2D eigenvalue weighted by Crippen LogP contribution is 2.35. The molecule has 1 fully saturated rings. The lowest BCUT2D eigenvalue weighted by atomic mass is 10.1. The molecule has 9 heteroatoms. The van der Waals surface area contributed by atoms with Gasteiger partial charge in [0.15, 0.2) is 0 Å². The fourth-order valence-electron chi connectivity index (χ4n) is 2.95. The number of hydrogen-bond acceptors (Lipinski definition) is 6. The number of nitrogens with zero attached hydrogens (tertiary/aromatic N) is 2. The summed E-state index contributed by atoms with van der Waals surface area (Å²) in [6, 6.07) is 16.3. The van der Waals surface area contributed by atoms with Gasteiger partial charge < -0.3 is 4.42 Å². The SMILES string of the molecule is O=C1SC(=Cc2ccc(-c3ccccc3[N+](=O)[O-])o2)C(=O)N1Cc1ccc(Cl)cc1. The fraction of sp³-hybridized carbons (Fsp3) is 0.0476. The summed E-state index contributed by atoms with van der Waals surface area (Å²) in [7, 11) is 0. The van der Waals surface area contributed by atoms with Crippen molar-refractivity contribution in [3.8, 4) is 11.3 Å². The normalized spacial score (nSPS) is 15.2. The summed E-state index contributed by atoms with van der Waals surface area (Å²) in [5.74, 6) is 0.192. The van der Waals surface area contributed by atoms with Crippen LogP contribution in [0.5, 0.6) is 0 Å². The summed E-state index contributed by atoms with van der Waals surface area (Å²) in [4.78, 5) is 37.1. The first-order valence-corrected chi connectivity index (χ1v) is 9.95. The number of nitro benzene ring substituents is 1. The molecule has 7 nitrogen and oxygen atoms in total. The van der Waals surface area contributed by atoms with E-state index in [0.717, 1.165) is 22.2 Å². The topological polar surface area (TPSA) is 93.7 Å². The van der Waals surface area contributed by atoms with Gasteiger partial charge in [0, 0.05) is 17.2 Å². The van der Waals surface area contributed by atoms with Crippen molar-refractivity contribution < 1.29 is 18.9 Å². The van der Waals surface area contributed by atoms with E-state index in [-0.39, 0.29) is 22.4 Å². The predicted octanol–water partition coefficient (Wildman–Crippen LogP) is 5.74. The molecular formula is C21H13ClN2O5S. The summed E-state index contributed by atoms with van der Waals surface area (Å²) in [6.07, 6.45) is 1.46. The van der Waals surface area contributed by atoms with E-state index < -0.39 is 10.8 Å². The molecule has 1 aliphatic heterocycles. The van der Waals surface area contributed by atoms with Crippen LogP contribution in [0, 0.1) is 10.1 Å². The third kappa shape index (κ3) is 4.00. The van der Waals surface area contributed by atoms with Gasteiger partial charge in [0.1, 0.15) is 11.5 Å². The first-order valence-electron chi connectivity index (χ1n) is 8.76. The molecule has 0 atom stereocenters. The molecule has 4 rings (SSSR count). The van der Waals surface area contributed by atoms with Crippen molar-refractivity contribution in [3.05, 3.63) is 92.0 Å². The average Bonchev–Trinajstić information content (AvgIpc) is 3.30. The molecular weight excluding hydrogens is 428 g/mol. The van der Waals surface area contributed by atoms with Gasteiger partial charge in [-0.1, -0.05) is 35.9 Å². The van der Waals surface area contributed by atoms with Gasteiger partial charge in [-0.05, 0) is 47.7 Å². The van der Waals surface area contributed by atoms with Crippen LogP contribution in [-0.4, -0.2) is 21.0 Å². The van der Waals surface area contributed by atoms with Gasteiger partial charge in [-0.25, -0.2) is 0 Å². The van der Waals surface area contributed by atoms with E-state index in [1.807, 2.05) is 0 Å². The van der Waals surface area contributed by atoms with Crippen LogP contribution < -0.4 is 0 Å². The molecule has 2 heterocycles. The summed E-state index contributed by atoms with van der Waals surface area (Å²) in [6.45, 7) is 0.138. The van der Waals surface area contributed by atoms with Crippen LogP contribution in [0.25, 0.3) is 17.4 Å². The standard InChI is InChI=1S/C21H13ClN2O5S/c22-14-7-5-13(6-8-14)12-23-20(25)19(30-21(23)26)11-15-9-10-18(29-15)16-3-1-2-4-17(16)24(27)28/h1-11H,12H2. The highest BCUT2D eigenvalue weighted by molar-refractivity contribution is 8.18. The van der Waals surface area contributed by atoms with Gasteiger partial charge in [0.2, 0.25) is 0 Å². The zero-order chi connectivity index (χ0) is 21.3. The van der Waals surface area contributed by atoms with E-state index in [9.17, 15) is 19.7 Å². The summed E-state index contributed by atoms with van der Waals surface area (Å²) < 4.78 is 5.68. The van der Waals surface area contributed by atoms with Crippen LogP contribution in [0.1, 0.15) is 11.3 Å². The molecule has 2 amide bonds. The molecule has 3 aromatic rings. The van der Waals surface area contributed by atoms with Crippen molar-refractivity contribution in [1.29, 1.82) is 0 Å². The maximum absolute atomic E-state index is 12.7. The van der Waals surface area contributed by atoms with Crippen LogP contribution in [0.15, 0.2) is 70.0 Å². The molecule has 0 unspecified atom stereocenters. The lowest BCUT2D eigenvalue weighted by Crippen LogP contribution is -2.27. The van der Waals surface area contributed by atoms with E-state index in [0.29, 0.717) is 22.1 Å². The summed E-state index contributed by atoms with van der Waals surface area (Å²) >= 11 is 6.68. The van der Waals surface area contributed by atoms with Gasteiger partial charge >= 0.3 is 0 Å². The smallest absolute Gasteiger partial charge is 0.293 e. The third-order valence-electron chi connectivity index (χ3n) is 4.39. The Balaban J connectivity index is 1.56. The average molecular weight is 441 g/mol. The largest absolute Gasteiger partial charge is 0.456 e. The second-order valence-corrected chi connectivity index (χ2v) is 7.80. The van der Waals surface area contributed by atoms with Crippen LogP contribution in [0.2, 0.25) is 5.02 Å². The zero-order valence-electron chi connectivity index (χ0n) is 15.3. The van der Waals surface area contributed by atoms with Crippen LogP contribution >= 0.6 is 23.4 Å². The molecule has 0 spiro atoms. The monoisotopic (exact) mass is 440 g/mol. The molecule has 1 saturated heterocycles. The molecule has 150 valence electrons. The van der Waals surface area contributed by atoms with Gasteiger partial charge in [-0.2, -0.15) is 0 Å². The molecule has 1 aliphatic rings. The van der Waals surface area contributed by atoms with Crippen molar-refractivity contribution >= 4 is 46.3 Å².